The summed E-state index contributed by atoms with van der Waals surface area (Å²) >= 11 is 1.61. The van der Waals surface area contributed by atoms with Crippen LogP contribution in [0.25, 0.3) is 0 Å². The molecule has 0 spiro atoms. The normalized spacial score (nSPS) is 15.4. The fourth-order valence-electron chi connectivity index (χ4n) is 3.39. The van der Waals surface area contributed by atoms with Crippen molar-refractivity contribution in [3.05, 3.63) is 76.5 Å². The predicted molar refractivity (Wildman–Crippen MR) is 126 cm³/mol. The summed E-state index contributed by atoms with van der Waals surface area (Å²) < 4.78 is 33.3. The zero-order chi connectivity index (χ0) is 22.6. The smallest absolute Gasteiger partial charge is 0.255 e. The number of amides is 1. The van der Waals surface area contributed by atoms with Crippen LogP contribution >= 0.6 is 11.3 Å². The molecule has 168 valence electrons. The Kier molecular flexibility index (Phi) is 6.90. The molecule has 2 heterocycles. The van der Waals surface area contributed by atoms with Crippen LogP contribution in [0.3, 0.4) is 0 Å². The number of nitrogens with one attached hydrogen (secondary N) is 1. The van der Waals surface area contributed by atoms with Crippen LogP contribution in [0.2, 0.25) is 0 Å². The van der Waals surface area contributed by atoms with Gasteiger partial charge >= 0.3 is 0 Å². The molecule has 0 saturated carbocycles. The van der Waals surface area contributed by atoms with E-state index in [0.29, 0.717) is 49.8 Å². The van der Waals surface area contributed by atoms with Crippen LogP contribution in [0.5, 0.6) is 5.75 Å². The van der Waals surface area contributed by atoms with Crippen LogP contribution in [0, 0.1) is 0 Å². The van der Waals surface area contributed by atoms with E-state index in [0.717, 1.165) is 4.88 Å². The van der Waals surface area contributed by atoms with Gasteiger partial charge in [0.1, 0.15) is 12.4 Å². The van der Waals surface area contributed by atoms with Crippen LogP contribution in [-0.2, 0) is 16.6 Å². The minimum Gasteiger partial charge on any atom is -0.488 e. The Balaban J connectivity index is 1.44. The molecule has 7 nitrogen and oxygen atoms in total. The highest BCUT2D eigenvalue weighted by Crippen LogP contribution is 2.22. The van der Waals surface area contributed by atoms with Crippen molar-refractivity contribution in [3.8, 4) is 5.75 Å². The van der Waals surface area contributed by atoms with Crippen LogP contribution in [-0.4, -0.2) is 56.8 Å². The van der Waals surface area contributed by atoms with E-state index < -0.39 is 10.0 Å². The third-order valence-electron chi connectivity index (χ3n) is 5.25. The summed E-state index contributed by atoms with van der Waals surface area (Å²) in [6.07, 6.45) is 0. The van der Waals surface area contributed by atoms with E-state index in [1.165, 1.54) is 10.4 Å². The first kappa shape index (κ1) is 22.5. The lowest BCUT2D eigenvalue weighted by Gasteiger charge is -2.31. The van der Waals surface area contributed by atoms with Crippen molar-refractivity contribution in [3.63, 3.8) is 0 Å². The van der Waals surface area contributed by atoms with Crippen molar-refractivity contribution in [2.24, 2.45) is 0 Å². The van der Waals surface area contributed by atoms with Gasteiger partial charge in [0.25, 0.3) is 5.91 Å². The molecule has 1 amide bonds. The number of hydrogen-bond acceptors (Lipinski definition) is 6. The van der Waals surface area contributed by atoms with Crippen molar-refractivity contribution in [1.29, 1.82) is 0 Å². The highest BCUT2D eigenvalue weighted by atomic mass is 32.2. The quantitative estimate of drug-likeness (QED) is 0.571. The number of ether oxygens (including phenoxy) is 1. The van der Waals surface area contributed by atoms with Crippen LogP contribution in [0.4, 0.5) is 5.69 Å². The topological polar surface area (TPSA) is 79.0 Å². The Bertz CT molecular complexity index is 1170. The van der Waals surface area contributed by atoms with E-state index in [2.05, 4.69) is 10.2 Å². The number of benzene rings is 2. The number of hydrogen-bond donors (Lipinski definition) is 1. The van der Waals surface area contributed by atoms with Crippen molar-refractivity contribution in [1.82, 2.24) is 9.21 Å². The molecule has 1 aliphatic heterocycles. The average molecular weight is 472 g/mol. The zero-order valence-corrected chi connectivity index (χ0v) is 19.4. The van der Waals surface area contributed by atoms with Gasteiger partial charge < -0.3 is 15.0 Å². The molecule has 0 unspecified atom stereocenters. The standard InChI is InChI=1S/C23H25N3O4S2/c1-25-10-12-26(13-11-25)32(28,29)22-9-3-6-19(16-22)24-23(27)18-5-2-7-20(15-18)30-17-21-8-4-14-31-21/h2-9,14-16H,10-13,17H2,1H3,(H,24,27). The maximum absolute atomic E-state index is 13.0. The maximum Gasteiger partial charge on any atom is 0.255 e. The molecular formula is C23H25N3O4S2. The lowest BCUT2D eigenvalue weighted by molar-refractivity contribution is 0.102. The summed E-state index contributed by atoms with van der Waals surface area (Å²) in [4.78, 5) is 16.1. The van der Waals surface area contributed by atoms with Crippen molar-refractivity contribution in [2.45, 2.75) is 11.5 Å². The van der Waals surface area contributed by atoms with Gasteiger partial charge in [0, 0.05) is 42.3 Å². The van der Waals surface area contributed by atoms with Gasteiger partial charge in [-0.3, -0.25) is 4.79 Å². The lowest BCUT2D eigenvalue weighted by atomic mass is 10.2. The first-order chi connectivity index (χ1) is 15.4. The van der Waals surface area contributed by atoms with Crippen molar-refractivity contribution in [2.75, 3.05) is 38.5 Å². The van der Waals surface area contributed by atoms with Crippen molar-refractivity contribution < 1.29 is 17.9 Å². The van der Waals surface area contributed by atoms with E-state index >= 15 is 0 Å². The molecule has 32 heavy (non-hydrogen) atoms. The molecule has 4 rings (SSSR count). The van der Waals surface area contributed by atoms with Gasteiger partial charge in [-0.05, 0) is 54.9 Å². The molecule has 9 heteroatoms. The molecule has 1 saturated heterocycles. The second-order valence-electron chi connectivity index (χ2n) is 7.59. The van der Waals surface area contributed by atoms with E-state index in [-0.39, 0.29) is 10.8 Å². The van der Waals surface area contributed by atoms with Crippen LogP contribution < -0.4 is 10.1 Å². The van der Waals surface area contributed by atoms with Gasteiger partial charge in [-0.1, -0.05) is 18.2 Å². The monoisotopic (exact) mass is 471 g/mol. The van der Waals surface area contributed by atoms with E-state index in [4.69, 9.17) is 4.74 Å². The first-order valence-electron chi connectivity index (χ1n) is 10.3. The summed E-state index contributed by atoms with van der Waals surface area (Å²) in [6.45, 7) is 2.73. The number of carbonyl (C=O) groups is 1. The number of anilines is 1. The fraction of sp³-hybridized carbons (Fsp3) is 0.261. The van der Waals surface area contributed by atoms with E-state index in [1.807, 2.05) is 24.6 Å². The van der Waals surface area contributed by atoms with Gasteiger partial charge in [0.05, 0.1) is 4.90 Å². The zero-order valence-electron chi connectivity index (χ0n) is 17.7. The molecule has 0 radical (unpaired) electrons. The second-order valence-corrected chi connectivity index (χ2v) is 10.6. The number of nitrogens with zero attached hydrogens (tertiary/aromatic N) is 2. The van der Waals surface area contributed by atoms with Gasteiger partial charge in [0.15, 0.2) is 0 Å². The number of thiophene rings is 1. The summed E-state index contributed by atoms with van der Waals surface area (Å²) in [5.41, 5.74) is 0.858. The summed E-state index contributed by atoms with van der Waals surface area (Å²) in [7, 11) is -1.63. The third-order valence-corrected chi connectivity index (χ3v) is 7.99. The molecule has 0 atom stereocenters. The fourth-order valence-corrected chi connectivity index (χ4v) is 5.48. The van der Waals surface area contributed by atoms with Gasteiger partial charge in [-0.15, -0.1) is 11.3 Å². The largest absolute Gasteiger partial charge is 0.488 e. The van der Waals surface area contributed by atoms with Crippen LogP contribution in [0.1, 0.15) is 15.2 Å². The van der Waals surface area contributed by atoms with E-state index in [9.17, 15) is 13.2 Å². The second kappa shape index (κ2) is 9.83. The summed E-state index contributed by atoms with van der Waals surface area (Å²) in [6, 6.07) is 17.3. The average Bonchev–Trinajstić information content (AvgIpc) is 3.32. The van der Waals surface area contributed by atoms with Crippen molar-refractivity contribution >= 4 is 33.0 Å². The number of rotatable bonds is 7. The minimum atomic E-state index is -3.61. The highest BCUT2D eigenvalue weighted by Gasteiger charge is 2.27. The predicted octanol–water partition coefficient (Wildman–Crippen LogP) is 3.52. The van der Waals surface area contributed by atoms with Gasteiger partial charge in [0.2, 0.25) is 10.0 Å². The van der Waals surface area contributed by atoms with Crippen LogP contribution in [0.15, 0.2) is 70.9 Å². The Hall–Kier alpha value is -2.72. The summed E-state index contributed by atoms with van der Waals surface area (Å²) in [5, 5.41) is 4.78. The number of piperazine rings is 1. The molecule has 1 N–H and O–H groups in total. The molecule has 0 bridgehead atoms. The molecule has 1 fully saturated rings. The highest BCUT2D eigenvalue weighted by molar-refractivity contribution is 7.89. The van der Waals surface area contributed by atoms with Gasteiger partial charge in [-0.2, -0.15) is 4.31 Å². The first-order valence-corrected chi connectivity index (χ1v) is 12.6. The Morgan fingerprint density at radius 1 is 1.03 bits per heavy atom. The Morgan fingerprint density at radius 2 is 1.81 bits per heavy atom. The molecule has 2 aromatic carbocycles. The Labute approximate surface area is 192 Å². The number of sulfonamides is 1. The maximum atomic E-state index is 13.0. The molecular weight excluding hydrogens is 446 g/mol. The lowest BCUT2D eigenvalue weighted by Crippen LogP contribution is -2.47. The van der Waals surface area contributed by atoms with E-state index in [1.54, 1.807) is 53.8 Å². The molecule has 3 aromatic rings. The third kappa shape index (κ3) is 5.36. The number of likely N-dealkylation sites (N-methyl/N-ethyl adjacent to an activating group) is 1. The molecule has 1 aromatic heterocycles. The number of carbonyl (C=O) groups excluding carboxylic acids is 1. The summed E-state index contributed by atoms with van der Waals surface area (Å²) in [5.74, 6) is 0.262. The molecule has 0 aliphatic carbocycles. The molecule has 1 aliphatic rings. The van der Waals surface area contributed by atoms with Gasteiger partial charge in [-0.25, -0.2) is 8.42 Å². The SMILES string of the molecule is CN1CCN(S(=O)(=O)c2cccc(NC(=O)c3cccc(OCc4cccs4)c3)c2)CC1. The minimum absolute atomic E-state index is 0.174. The Morgan fingerprint density at radius 3 is 2.56 bits per heavy atom.